The van der Waals surface area contributed by atoms with Crippen LogP contribution in [0.15, 0.2) is 12.2 Å². The Morgan fingerprint density at radius 2 is 2.21 bits per heavy atom. The number of hydrogen-bond acceptors (Lipinski definition) is 4. The SMILES string of the molecule is CC1OC(OC(=O)N(C)C)C=CC1=O. The van der Waals surface area contributed by atoms with Crippen molar-refractivity contribution in [3.63, 3.8) is 0 Å². The topological polar surface area (TPSA) is 55.8 Å². The van der Waals surface area contributed by atoms with Gasteiger partial charge in [-0.15, -0.1) is 0 Å². The molecule has 2 unspecified atom stereocenters. The lowest BCUT2D eigenvalue weighted by Gasteiger charge is -2.23. The van der Waals surface area contributed by atoms with Crippen molar-refractivity contribution in [3.05, 3.63) is 12.2 Å². The van der Waals surface area contributed by atoms with Crippen LogP contribution in [-0.4, -0.2) is 43.3 Å². The maximum Gasteiger partial charge on any atom is 0.411 e. The van der Waals surface area contributed by atoms with Crippen molar-refractivity contribution < 1.29 is 19.1 Å². The summed E-state index contributed by atoms with van der Waals surface area (Å²) in [5.74, 6) is -0.123. The maximum absolute atomic E-state index is 11.1. The molecule has 5 heteroatoms. The van der Waals surface area contributed by atoms with Crippen molar-refractivity contribution in [2.45, 2.75) is 19.3 Å². The lowest BCUT2D eigenvalue weighted by atomic mass is 10.2. The van der Waals surface area contributed by atoms with Crippen molar-refractivity contribution in [3.8, 4) is 0 Å². The summed E-state index contributed by atoms with van der Waals surface area (Å²) in [5, 5.41) is 0. The lowest BCUT2D eigenvalue weighted by Crippen LogP contribution is -2.35. The van der Waals surface area contributed by atoms with Gasteiger partial charge in [0.15, 0.2) is 5.78 Å². The first-order valence-electron chi connectivity index (χ1n) is 4.26. The lowest BCUT2D eigenvalue weighted by molar-refractivity contribution is -0.147. The zero-order valence-electron chi connectivity index (χ0n) is 8.39. The Bertz CT molecular complexity index is 272. The average molecular weight is 199 g/mol. The molecule has 1 aliphatic heterocycles. The summed E-state index contributed by atoms with van der Waals surface area (Å²) in [4.78, 5) is 23.4. The van der Waals surface area contributed by atoms with Crippen LogP contribution in [0.1, 0.15) is 6.92 Å². The summed E-state index contributed by atoms with van der Waals surface area (Å²) in [6, 6.07) is 0. The molecule has 0 aromatic heterocycles. The van der Waals surface area contributed by atoms with Gasteiger partial charge in [0.05, 0.1) is 0 Å². The van der Waals surface area contributed by atoms with Crippen LogP contribution in [0.3, 0.4) is 0 Å². The Hall–Kier alpha value is -1.36. The van der Waals surface area contributed by atoms with Crippen LogP contribution in [-0.2, 0) is 14.3 Å². The molecule has 5 nitrogen and oxygen atoms in total. The van der Waals surface area contributed by atoms with E-state index < -0.39 is 18.5 Å². The van der Waals surface area contributed by atoms with Gasteiger partial charge in [-0.3, -0.25) is 4.79 Å². The highest BCUT2D eigenvalue weighted by atomic mass is 16.7. The first-order valence-corrected chi connectivity index (χ1v) is 4.26. The Labute approximate surface area is 82.3 Å². The highest BCUT2D eigenvalue weighted by Gasteiger charge is 2.23. The monoisotopic (exact) mass is 199 g/mol. The highest BCUT2D eigenvalue weighted by molar-refractivity contribution is 5.93. The molecule has 0 radical (unpaired) electrons. The minimum atomic E-state index is -0.766. The summed E-state index contributed by atoms with van der Waals surface area (Å²) >= 11 is 0. The van der Waals surface area contributed by atoms with Crippen LogP contribution in [0.25, 0.3) is 0 Å². The highest BCUT2D eigenvalue weighted by Crippen LogP contribution is 2.10. The molecule has 0 spiro atoms. The van der Waals surface area contributed by atoms with Crippen LogP contribution in [0.4, 0.5) is 4.79 Å². The summed E-state index contributed by atoms with van der Waals surface area (Å²) in [6.45, 7) is 1.61. The summed E-state index contributed by atoms with van der Waals surface area (Å²) in [7, 11) is 3.15. The third-order valence-electron chi connectivity index (χ3n) is 1.74. The number of amides is 1. The molecule has 0 saturated carbocycles. The predicted molar refractivity (Wildman–Crippen MR) is 48.7 cm³/mol. The number of ketones is 1. The number of rotatable bonds is 1. The van der Waals surface area contributed by atoms with Crippen LogP contribution in [0, 0.1) is 0 Å². The van der Waals surface area contributed by atoms with E-state index in [0.29, 0.717) is 0 Å². The number of ether oxygens (including phenoxy) is 2. The Kier molecular flexibility index (Phi) is 3.24. The van der Waals surface area contributed by atoms with Gasteiger partial charge in [0, 0.05) is 14.1 Å². The standard InChI is InChI=1S/C9H13NO4/c1-6-7(11)4-5-8(13-6)14-9(12)10(2)3/h4-6,8H,1-3H3. The number of nitrogens with zero attached hydrogens (tertiary/aromatic N) is 1. The molecule has 14 heavy (non-hydrogen) atoms. The number of carbonyl (C=O) groups is 2. The zero-order chi connectivity index (χ0) is 10.7. The third-order valence-corrected chi connectivity index (χ3v) is 1.74. The molecular weight excluding hydrogens is 186 g/mol. The van der Waals surface area contributed by atoms with Gasteiger partial charge < -0.3 is 14.4 Å². The fourth-order valence-corrected chi connectivity index (χ4v) is 0.894. The minimum absolute atomic E-state index is 0.123. The second kappa shape index (κ2) is 4.23. The van der Waals surface area contributed by atoms with Gasteiger partial charge in [-0.1, -0.05) is 0 Å². The van der Waals surface area contributed by atoms with Gasteiger partial charge in [0.2, 0.25) is 6.29 Å². The molecule has 0 aromatic rings. The van der Waals surface area contributed by atoms with Gasteiger partial charge >= 0.3 is 6.09 Å². The van der Waals surface area contributed by atoms with Gasteiger partial charge in [0.25, 0.3) is 0 Å². The van der Waals surface area contributed by atoms with Gasteiger partial charge in [-0.05, 0) is 19.1 Å². The van der Waals surface area contributed by atoms with Crippen LogP contribution in [0.2, 0.25) is 0 Å². The van der Waals surface area contributed by atoms with Crippen molar-refractivity contribution in [2.75, 3.05) is 14.1 Å². The van der Waals surface area contributed by atoms with E-state index >= 15 is 0 Å². The van der Waals surface area contributed by atoms with E-state index in [-0.39, 0.29) is 5.78 Å². The van der Waals surface area contributed by atoms with E-state index in [9.17, 15) is 9.59 Å². The fourth-order valence-electron chi connectivity index (χ4n) is 0.894. The fraction of sp³-hybridized carbons (Fsp3) is 0.556. The Balaban J connectivity index is 2.52. The molecular formula is C9H13NO4. The van der Waals surface area contributed by atoms with E-state index in [2.05, 4.69) is 0 Å². The third kappa shape index (κ3) is 2.56. The van der Waals surface area contributed by atoms with Crippen LogP contribution >= 0.6 is 0 Å². The number of carbonyl (C=O) groups excluding carboxylic acids is 2. The molecule has 0 N–H and O–H groups in total. The normalized spacial score (nSPS) is 26.1. The van der Waals surface area contributed by atoms with Crippen molar-refractivity contribution in [1.29, 1.82) is 0 Å². The Morgan fingerprint density at radius 3 is 2.71 bits per heavy atom. The molecule has 1 heterocycles. The van der Waals surface area contributed by atoms with Gasteiger partial charge in [-0.2, -0.15) is 0 Å². The smallest absolute Gasteiger partial charge is 0.411 e. The van der Waals surface area contributed by atoms with E-state index in [1.165, 1.54) is 17.1 Å². The largest absolute Gasteiger partial charge is 0.416 e. The predicted octanol–water partition coefficient (Wildman–Crippen LogP) is 0.555. The molecule has 0 aromatic carbocycles. The van der Waals surface area contributed by atoms with Crippen molar-refractivity contribution >= 4 is 11.9 Å². The van der Waals surface area contributed by atoms with Crippen molar-refractivity contribution in [2.24, 2.45) is 0 Å². The molecule has 78 valence electrons. The molecule has 1 aliphatic rings. The van der Waals surface area contributed by atoms with Crippen molar-refractivity contribution in [1.82, 2.24) is 4.90 Å². The second-order valence-electron chi connectivity index (χ2n) is 3.19. The molecule has 1 amide bonds. The maximum atomic E-state index is 11.1. The zero-order valence-corrected chi connectivity index (χ0v) is 8.39. The van der Waals surface area contributed by atoms with Gasteiger partial charge in [-0.25, -0.2) is 4.79 Å². The molecule has 1 rings (SSSR count). The molecule has 2 atom stereocenters. The van der Waals surface area contributed by atoms with Gasteiger partial charge in [0.1, 0.15) is 6.10 Å². The molecule has 0 aliphatic carbocycles. The quantitative estimate of drug-likeness (QED) is 0.619. The summed E-state index contributed by atoms with van der Waals surface area (Å²) in [5.41, 5.74) is 0. The molecule has 0 saturated heterocycles. The van der Waals surface area contributed by atoms with E-state index in [4.69, 9.17) is 9.47 Å². The first-order chi connectivity index (χ1) is 6.50. The summed E-state index contributed by atoms with van der Waals surface area (Å²) in [6.07, 6.45) is 0.963. The molecule has 0 bridgehead atoms. The molecule has 0 fully saturated rings. The van der Waals surface area contributed by atoms with E-state index in [0.717, 1.165) is 0 Å². The van der Waals surface area contributed by atoms with E-state index in [1.54, 1.807) is 21.0 Å². The Morgan fingerprint density at radius 1 is 1.57 bits per heavy atom. The minimum Gasteiger partial charge on any atom is -0.416 e. The average Bonchev–Trinajstić information content (AvgIpc) is 2.11. The van der Waals surface area contributed by atoms with Crippen LogP contribution < -0.4 is 0 Å². The first kappa shape index (κ1) is 10.7. The summed E-state index contributed by atoms with van der Waals surface area (Å²) < 4.78 is 10.0. The number of hydrogen-bond donors (Lipinski definition) is 0. The van der Waals surface area contributed by atoms with E-state index in [1.807, 2.05) is 0 Å². The van der Waals surface area contributed by atoms with Crippen LogP contribution in [0.5, 0.6) is 0 Å². The second-order valence-corrected chi connectivity index (χ2v) is 3.19.